The smallest absolute Gasteiger partial charge is 0.410 e. The molecule has 5 nitrogen and oxygen atoms in total. The molecule has 5 heteroatoms. The molecule has 0 aromatic heterocycles. The van der Waals surface area contributed by atoms with Gasteiger partial charge in [0.1, 0.15) is 11.4 Å². The average Bonchev–Trinajstić information content (AvgIpc) is 2.12. The van der Waals surface area contributed by atoms with Crippen LogP contribution in [0, 0.1) is 0 Å². The highest BCUT2D eigenvalue weighted by molar-refractivity contribution is 5.83. The summed E-state index contributed by atoms with van der Waals surface area (Å²) >= 11 is 0. The average molecular weight is 241 g/mol. The van der Waals surface area contributed by atoms with Gasteiger partial charge >= 0.3 is 6.09 Å². The summed E-state index contributed by atoms with van der Waals surface area (Å²) in [6.45, 7) is 6.38. The minimum Gasteiger partial charge on any atom is -0.444 e. The molecule has 0 radical (unpaired) electrons. The lowest BCUT2D eigenvalue weighted by atomic mass is 9.94. The quantitative estimate of drug-likeness (QED) is 0.642. The van der Waals surface area contributed by atoms with Crippen LogP contribution in [0.5, 0.6) is 0 Å². The van der Waals surface area contributed by atoms with Crippen molar-refractivity contribution in [3.8, 4) is 0 Å². The lowest BCUT2D eigenvalue weighted by Gasteiger charge is -2.44. The van der Waals surface area contributed by atoms with Crippen LogP contribution in [0.4, 0.5) is 4.79 Å². The molecular weight excluding hydrogens is 222 g/mol. The lowest BCUT2D eigenvalue weighted by Crippen LogP contribution is -2.60. The van der Waals surface area contributed by atoms with Gasteiger partial charge in [-0.1, -0.05) is 0 Å². The van der Waals surface area contributed by atoms with Crippen molar-refractivity contribution >= 4 is 11.9 Å². The number of nitrogens with zero attached hydrogens (tertiary/aromatic N) is 1. The number of fused-ring (bicyclic) bond motifs is 2. The molecule has 2 aliphatic rings. The molecule has 0 aromatic rings. The van der Waals surface area contributed by atoms with E-state index in [1.54, 1.807) is 4.90 Å². The SMILES string of the molecule is CC(C)(C)OC(=O)N1[C@@H]2COC[C@H]1CC(=O)C2. The van der Waals surface area contributed by atoms with Crippen molar-refractivity contribution in [2.24, 2.45) is 0 Å². The van der Waals surface area contributed by atoms with E-state index in [9.17, 15) is 9.59 Å². The van der Waals surface area contributed by atoms with Gasteiger partial charge in [-0.3, -0.25) is 9.69 Å². The summed E-state index contributed by atoms with van der Waals surface area (Å²) in [6, 6.07) is -0.297. The van der Waals surface area contributed by atoms with Gasteiger partial charge in [0.25, 0.3) is 0 Å². The topological polar surface area (TPSA) is 55.8 Å². The van der Waals surface area contributed by atoms with Crippen LogP contribution in [0.15, 0.2) is 0 Å². The normalized spacial score (nSPS) is 29.1. The predicted octanol–water partition coefficient (Wildman–Crippen LogP) is 1.35. The standard InChI is InChI=1S/C12H19NO4/c1-12(2,3)17-11(15)13-8-4-10(14)5-9(13)7-16-6-8/h8-9H,4-7H2,1-3H3/t8-,9+. The van der Waals surface area contributed by atoms with Gasteiger partial charge in [0, 0.05) is 12.8 Å². The molecular formula is C12H19NO4. The second-order valence-corrected chi connectivity index (χ2v) is 5.68. The molecule has 1 amide bonds. The molecule has 2 bridgehead atoms. The van der Waals surface area contributed by atoms with Crippen LogP contribution in [0.3, 0.4) is 0 Å². The summed E-state index contributed by atoms with van der Waals surface area (Å²) in [5.74, 6) is 0.211. The third kappa shape index (κ3) is 2.77. The van der Waals surface area contributed by atoms with Crippen molar-refractivity contribution in [1.29, 1.82) is 0 Å². The number of ketones is 1. The second-order valence-electron chi connectivity index (χ2n) is 5.68. The summed E-state index contributed by atoms with van der Waals surface area (Å²) in [7, 11) is 0. The highest BCUT2D eigenvalue weighted by Crippen LogP contribution is 2.27. The summed E-state index contributed by atoms with van der Waals surface area (Å²) in [5, 5.41) is 0. The van der Waals surface area contributed by atoms with Crippen LogP contribution in [0.2, 0.25) is 0 Å². The van der Waals surface area contributed by atoms with Crippen molar-refractivity contribution in [3.05, 3.63) is 0 Å². The summed E-state index contributed by atoms with van der Waals surface area (Å²) in [6.07, 6.45) is 0.439. The molecule has 0 saturated carbocycles. The molecule has 2 fully saturated rings. The zero-order chi connectivity index (χ0) is 12.6. The van der Waals surface area contributed by atoms with Crippen LogP contribution in [-0.4, -0.2) is 47.7 Å². The van der Waals surface area contributed by atoms with Crippen LogP contribution in [-0.2, 0) is 14.3 Å². The number of piperidine rings is 1. The molecule has 2 saturated heterocycles. The Morgan fingerprint density at radius 3 is 2.29 bits per heavy atom. The van der Waals surface area contributed by atoms with E-state index in [1.165, 1.54) is 0 Å². The molecule has 96 valence electrons. The Kier molecular flexibility index (Phi) is 3.12. The number of ether oxygens (including phenoxy) is 2. The van der Waals surface area contributed by atoms with Gasteiger partial charge in [0.2, 0.25) is 0 Å². The Morgan fingerprint density at radius 1 is 1.29 bits per heavy atom. The Morgan fingerprint density at radius 2 is 1.82 bits per heavy atom. The molecule has 2 heterocycles. The zero-order valence-corrected chi connectivity index (χ0v) is 10.6. The van der Waals surface area contributed by atoms with Crippen molar-refractivity contribution < 1.29 is 19.1 Å². The fourth-order valence-electron chi connectivity index (χ4n) is 2.34. The summed E-state index contributed by atoms with van der Waals surface area (Å²) in [5.41, 5.74) is -0.506. The van der Waals surface area contributed by atoms with Gasteiger partial charge in [-0.15, -0.1) is 0 Å². The first kappa shape index (κ1) is 12.4. The first-order valence-corrected chi connectivity index (χ1v) is 5.97. The van der Waals surface area contributed by atoms with Gasteiger partial charge in [0.05, 0.1) is 25.3 Å². The van der Waals surface area contributed by atoms with Crippen LogP contribution < -0.4 is 0 Å². The second kappa shape index (κ2) is 4.29. The first-order valence-electron chi connectivity index (χ1n) is 5.97. The first-order chi connectivity index (χ1) is 7.87. The molecule has 0 aliphatic carbocycles. The molecule has 0 N–H and O–H groups in total. The lowest BCUT2D eigenvalue weighted by molar-refractivity contribution is -0.134. The minimum atomic E-state index is -0.506. The van der Waals surface area contributed by atoms with Crippen molar-refractivity contribution in [3.63, 3.8) is 0 Å². The van der Waals surface area contributed by atoms with Crippen LogP contribution >= 0.6 is 0 Å². The molecule has 0 aromatic carbocycles. The minimum absolute atomic E-state index is 0.148. The Balaban J connectivity index is 2.09. The molecule has 0 spiro atoms. The number of rotatable bonds is 0. The molecule has 2 atom stereocenters. The highest BCUT2D eigenvalue weighted by atomic mass is 16.6. The number of hydrogen-bond acceptors (Lipinski definition) is 4. The van der Waals surface area contributed by atoms with E-state index < -0.39 is 5.60 Å². The number of hydrogen-bond donors (Lipinski definition) is 0. The van der Waals surface area contributed by atoms with E-state index in [1.807, 2.05) is 20.8 Å². The van der Waals surface area contributed by atoms with E-state index in [-0.39, 0.29) is 24.0 Å². The molecule has 17 heavy (non-hydrogen) atoms. The fraction of sp³-hybridized carbons (Fsp3) is 0.833. The molecule has 0 unspecified atom stereocenters. The van der Waals surface area contributed by atoms with E-state index in [0.717, 1.165) is 0 Å². The largest absolute Gasteiger partial charge is 0.444 e. The summed E-state index contributed by atoms with van der Waals surface area (Å²) in [4.78, 5) is 25.3. The van der Waals surface area contributed by atoms with Gasteiger partial charge in [-0.25, -0.2) is 4.79 Å². The maximum Gasteiger partial charge on any atom is 0.410 e. The predicted molar refractivity (Wildman–Crippen MR) is 60.7 cm³/mol. The van der Waals surface area contributed by atoms with E-state index in [2.05, 4.69) is 0 Å². The third-order valence-corrected chi connectivity index (χ3v) is 2.94. The van der Waals surface area contributed by atoms with E-state index >= 15 is 0 Å². The summed E-state index contributed by atoms with van der Waals surface area (Å²) < 4.78 is 10.8. The number of carbonyl (C=O) groups is 2. The van der Waals surface area contributed by atoms with Crippen molar-refractivity contribution in [2.45, 2.75) is 51.3 Å². The van der Waals surface area contributed by atoms with E-state index in [0.29, 0.717) is 26.1 Å². The number of Topliss-reactive ketones (excluding diaryl/α,β-unsaturated/α-hetero) is 1. The van der Waals surface area contributed by atoms with E-state index in [4.69, 9.17) is 9.47 Å². The monoisotopic (exact) mass is 241 g/mol. The van der Waals surface area contributed by atoms with Crippen LogP contribution in [0.1, 0.15) is 33.6 Å². The van der Waals surface area contributed by atoms with Gasteiger partial charge in [0.15, 0.2) is 0 Å². The molecule has 2 rings (SSSR count). The highest BCUT2D eigenvalue weighted by Gasteiger charge is 2.42. The molecule has 2 aliphatic heterocycles. The van der Waals surface area contributed by atoms with Crippen molar-refractivity contribution in [1.82, 2.24) is 4.90 Å². The van der Waals surface area contributed by atoms with Gasteiger partial charge in [-0.05, 0) is 20.8 Å². The fourth-order valence-corrected chi connectivity index (χ4v) is 2.34. The Hall–Kier alpha value is -1.10. The Bertz CT molecular complexity index is 318. The zero-order valence-electron chi connectivity index (χ0n) is 10.6. The maximum atomic E-state index is 12.1. The number of morpholine rings is 1. The van der Waals surface area contributed by atoms with Crippen molar-refractivity contribution in [2.75, 3.05) is 13.2 Å². The third-order valence-electron chi connectivity index (χ3n) is 2.94. The van der Waals surface area contributed by atoms with Crippen LogP contribution in [0.25, 0.3) is 0 Å². The number of amides is 1. The maximum absolute atomic E-state index is 12.1. The van der Waals surface area contributed by atoms with Gasteiger partial charge < -0.3 is 9.47 Å². The Labute approximate surface area is 101 Å². The van der Waals surface area contributed by atoms with Gasteiger partial charge in [-0.2, -0.15) is 0 Å². The number of carbonyl (C=O) groups excluding carboxylic acids is 2.